The van der Waals surface area contributed by atoms with Crippen molar-refractivity contribution in [3.05, 3.63) is 0 Å². The molecule has 9 atom stereocenters. The zero-order valence-electron chi connectivity index (χ0n) is 18.1. The molecule has 0 radical (unpaired) electrons. The normalized spacial score (nSPS) is 35.5. The van der Waals surface area contributed by atoms with Crippen LogP contribution in [0.15, 0.2) is 0 Å². The van der Waals surface area contributed by atoms with Crippen molar-refractivity contribution >= 4 is 29.5 Å². The number of carbonyl (C=O) groups is 3. The largest absolute Gasteiger partial charge is 0.463 e. The predicted molar refractivity (Wildman–Crippen MR) is 113 cm³/mol. The van der Waals surface area contributed by atoms with E-state index in [0.29, 0.717) is 0 Å². The molecule has 33 heavy (non-hydrogen) atoms. The number of hydrogen-bond acceptors (Lipinski definition) is 14. The van der Waals surface area contributed by atoms with Gasteiger partial charge >= 0.3 is 11.9 Å². The first-order chi connectivity index (χ1) is 15.5. The highest BCUT2D eigenvalue weighted by atomic mass is 32.2. The Hall–Kier alpha value is -1.36. The Labute approximate surface area is 194 Å². The van der Waals surface area contributed by atoms with Gasteiger partial charge in [0.15, 0.2) is 0 Å². The Morgan fingerprint density at radius 1 is 0.909 bits per heavy atom. The van der Waals surface area contributed by atoms with Gasteiger partial charge in [0, 0.05) is 0 Å². The first-order valence-electron chi connectivity index (χ1n) is 10.4. The molecule has 190 valence electrons. The summed E-state index contributed by atoms with van der Waals surface area (Å²) in [6, 6.07) is -1.54. The van der Waals surface area contributed by atoms with Crippen LogP contribution in [0.4, 0.5) is 0 Å². The fourth-order valence-electron chi connectivity index (χ4n) is 3.17. The number of carbonyl (C=O) groups excluding carboxylic acids is 3. The van der Waals surface area contributed by atoms with Crippen molar-refractivity contribution in [1.29, 1.82) is 0 Å². The summed E-state index contributed by atoms with van der Waals surface area (Å²) < 4.78 is 20.8. The highest BCUT2D eigenvalue weighted by molar-refractivity contribution is 8.01. The van der Waals surface area contributed by atoms with Crippen LogP contribution in [0.2, 0.25) is 0 Å². The highest BCUT2D eigenvalue weighted by Crippen LogP contribution is 2.21. The number of thioether (sulfide) groups is 1. The molecule has 2 heterocycles. The van der Waals surface area contributed by atoms with E-state index in [0.717, 1.165) is 11.8 Å². The average Bonchev–Trinajstić information content (AvgIpc) is 2.77. The first-order valence-corrected chi connectivity index (χ1v) is 11.5. The average molecular weight is 497 g/mol. The van der Waals surface area contributed by atoms with Gasteiger partial charge in [-0.25, -0.2) is 0 Å². The van der Waals surface area contributed by atoms with Gasteiger partial charge in [-0.3, -0.25) is 14.4 Å². The van der Waals surface area contributed by atoms with Gasteiger partial charge in [0.2, 0.25) is 0 Å². The molecule has 8 N–H and O–H groups in total. The highest BCUT2D eigenvalue weighted by Gasteiger charge is 2.39. The molecule has 0 saturated carbocycles. The standard InChI is InChI=1S/C19H32N2O11S/c1-8(22)7-33-13(19(28)32-6-12-18(27)16(25)10(21)4-30-12)2-14(23)31-5-11-17(26)15(24)9(20)3-29-11/h9-13,15-18,24-27H,2-7,20-21H2,1H3/t9-,10-,11-,12?,13?,15-,16-,17+,18+/m1/s1. The lowest BCUT2D eigenvalue weighted by atomic mass is 9.99. The second kappa shape index (κ2) is 12.9. The zero-order valence-corrected chi connectivity index (χ0v) is 19.0. The van der Waals surface area contributed by atoms with Crippen LogP contribution in [0.1, 0.15) is 13.3 Å². The molecule has 13 nitrogen and oxygen atoms in total. The first kappa shape index (κ1) is 27.9. The Kier molecular flexibility index (Phi) is 10.9. The maximum absolute atomic E-state index is 12.5. The lowest BCUT2D eigenvalue weighted by Gasteiger charge is -2.35. The number of rotatable bonds is 10. The van der Waals surface area contributed by atoms with Crippen molar-refractivity contribution in [2.75, 3.05) is 32.2 Å². The van der Waals surface area contributed by atoms with E-state index in [-0.39, 0.29) is 31.4 Å². The number of ketones is 1. The molecular weight excluding hydrogens is 464 g/mol. The van der Waals surface area contributed by atoms with Crippen LogP contribution in [-0.4, -0.2) is 124 Å². The van der Waals surface area contributed by atoms with Crippen LogP contribution >= 0.6 is 11.8 Å². The van der Waals surface area contributed by atoms with Crippen molar-refractivity contribution in [3.8, 4) is 0 Å². The molecule has 14 heteroatoms. The lowest BCUT2D eigenvalue weighted by Crippen LogP contribution is -2.57. The summed E-state index contributed by atoms with van der Waals surface area (Å²) in [7, 11) is 0. The smallest absolute Gasteiger partial charge is 0.319 e. The minimum Gasteiger partial charge on any atom is -0.463 e. The molecular formula is C19H32N2O11S. The summed E-state index contributed by atoms with van der Waals surface area (Å²) in [5.41, 5.74) is 11.2. The number of aliphatic hydroxyl groups excluding tert-OH is 4. The van der Waals surface area contributed by atoms with Crippen LogP contribution in [0.5, 0.6) is 0 Å². The van der Waals surface area contributed by atoms with Gasteiger partial charge < -0.3 is 50.8 Å². The van der Waals surface area contributed by atoms with Crippen LogP contribution in [0.25, 0.3) is 0 Å². The minimum atomic E-state index is -1.36. The third-order valence-corrected chi connectivity index (χ3v) is 6.58. The van der Waals surface area contributed by atoms with Gasteiger partial charge in [-0.15, -0.1) is 11.8 Å². The van der Waals surface area contributed by atoms with Crippen molar-refractivity contribution in [2.24, 2.45) is 11.5 Å². The minimum absolute atomic E-state index is 0.0292. The third-order valence-electron chi connectivity index (χ3n) is 5.25. The van der Waals surface area contributed by atoms with E-state index in [1.807, 2.05) is 0 Å². The van der Waals surface area contributed by atoms with E-state index < -0.39 is 78.9 Å². The summed E-state index contributed by atoms with van der Waals surface area (Å²) in [4.78, 5) is 36.1. The van der Waals surface area contributed by atoms with Crippen LogP contribution in [0.3, 0.4) is 0 Å². The fourth-order valence-corrected chi connectivity index (χ4v) is 4.07. The molecule has 2 unspecified atom stereocenters. The Morgan fingerprint density at radius 3 is 1.88 bits per heavy atom. The molecule has 2 aliphatic heterocycles. The summed E-state index contributed by atoms with van der Waals surface area (Å²) in [6.07, 6.45) is -7.62. The van der Waals surface area contributed by atoms with Gasteiger partial charge in [-0.1, -0.05) is 0 Å². The molecule has 0 aromatic heterocycles. The van der Waals surface area contributed by atoms with Crippen molar-refractivity contribution < 1.29 is 53.8 Å². The Morgan fingerprint density at radius 2 is 1.39 bits per heavy atom. The van der Waals surface area contributed by atoms with Gasteiger partial charge in [-0.2, -0.15) is 0 Å². The maximum Gasteiger partial charge on any atom is 0.319 e. The second-order valence-corrected chi connectivity index (χ2v) is 9.24. The van der Waals surface area contributed by atoms with Crippen LogP contribution in [0, 0.1) is 0 Å². The third kappa shape index (κ3) is 8.12. The predicted octanol–water partition coefficient (Wildman–Crippen LogP) is -3.95. The molecule has 0 spiro atoms. The number of hydrogen-bond donors (Lipinski definition) is 6. The van der Waals surface area contributed by atoms with E-state index in [1.54, 1.807) is 0 Å². The lowest BCUT2D eigenvalue weighted by molar-refractivity contribution is -0.176. The van der Waals surface area contributed by atoms with Gasteiger partial charge in [0.1, 0.15) is 48.7 Å². The van der Waals surface area contributed by atoms with Crippen LogP contribution in [-0.2, 0) is 33.3 Å². The SMILES string of the molecule is CC(=O)CSC(CC(=O)OC[C@H]1OC[C@@H](N)[C@@H](O)[C@H]1O)C(=O)OCC1OC[C@@H](N)[C@@H](O)[C@H]1O. The van der Waals surface area contributed by atoms with Crippen molar-refractivity contribution in [3.63, 3.8) is 0 Å². The zero-order chi connectivity index (χ0) is 24.7. The number of nitrogens with two attached hydrogens (primary N) is 2. The molecule has 2 rings (SSSR count). The Bertz CT molecular complexity index is 684. The topological polar surface area (TPSA) is 221 Å². The maximum atomic E-state index is 12.5. The van der Waals surface area contributed by atoms with Gasteiger partial charge in [-0.05, 0) is 6.92 Å². The number of aliphatic hydroxyl groups is 4. The molecule has 2 fully saturated rings. The number of ether oxygens (including phenoxy) is 4. The fraction of sp³-hybridized carbons (Fsp3) is 0.842. The van der Waals surface area contributed by atoms with Crippen LogP contribution < -0.4 is 11.5 Å². The second-order valence-electron chi connectivity index (χ2n) is 8.05. The van der Waals surface area contributed by atoms with E-state index >= 15 is 0 Å². The van der Waals surface area contributed by atoms with Gasteiger partial charge in [0.05, 0.1) is 49.7 Å². The molecule has 0 bridgehead atoms. The van der Waals surface area contributed by atoms with Crippen molar-refractivity contribution in [2.45, 2.75) is 67.3 Å². The number of esters is 2. The van der Waals surface area contributed by atoms with E-state index in [4.69, 9.17) is 30.4 Å². The van der Waals surface area contributed by atoms with E-state index in [9.17, 15) is 34.8 Å². The van der Waals surface area contributed by atoms with E-state index in [2.05, 4.69) is 0 Å². The summed E-state index contributed by atoms with van der Waals surface area (Å²) >= 11 is 0.882. The summed E-state index contributed by atoms with van der Waals surface area (Å²) in [5, 5.41) is 38.5. The molecule has 0 aromatic carbocycles. The summed E-state index contributed by atoms with van der Waals surface area (Å²) in [6.45, 7) is 0.490. The summed E-state index contributed by atoms with van der Waals surface area (Å²) in [5.74, 6) is -1.94. The molecule has 2 saturated heterocycles. The molecule has 2 aliphatic rings. The van der Waals surface area contributed by atoms with Crippen molar-refractivity contribution in [1.82, 2.24) is 0 Å². The van der Waals surface area contributed by atoms with Gasteiger partial charge in [0.25, 0.3) is 0 Å². The molecule has 0 amide bonds. The van der Waals surface area contributed by atoms with E-state index in [1.165, 1.54) is 6.92 Å². The molecule has 0 aromatic rings. The number of Topliss-reactive ketones (excluding diaryl/α,β-unsaturated/α-hetero) is 1. The molecule has 0 aliphatic carbocycles. The quantitative estimate of drug-likeness (QED) is 0.159. The Balaban J connectivity index is 1.87. The monoisotopic (exact) mass is 496 g/mol.